The van der Waals surface area contributed by atoms with Crippen LogP contribution in [-0.2, 0) is 14.3 Å². The van der Waals surface area contributed by atoms with Crippen molar-refractivity contribution in [2.75, 3.05) is 20.8 Å². The number of carbonyl (C=O) groups is 1. The number of rotatable bonds is 4. The Labute approximate surface area is 84.7 Å². The summed E-state index contributed by atoms with van der Waals surface area (Å²) < 4.78 is 10.6. The second kappa shape index (κ2) is 5.44. The third-order valence-electron chi connectivity index (χ3n) is 2.99. The van der Waals surface area contributed by atoms with E-state index >= 15 is 0 Å². The Morgan fingerprint density at radius 2 is 1.93 bits per heavy atom. The first kappa shape index (κ1) is 11.6. The van der Waals surface area contributed by atoms with Gasteiger partial charge in [0.05, 0.1) is 18.8 Å². The van der Waals surface area contributed by atoms with E-state index in [4.69, 9.17) is 15.2 Å². The molecule has 1 aliphatic rings. The van der Waals surface area contributed by atoms with Crippen LogP contribution in [0.5, 0.6) is 0 Å². The molecule has 0 aromatic carbocycles. The number of methoxy groups -OCH3 is 2. The van der Waals surface area contributed by atoms with Crippen LogP contribution >= 0.6 is 0 Å². The van der Waals surface area contributed by atoms with Crippen molar-refractivity contribution in [3.05, 3.63) is 0 Å². The molecule has 14 heavy (non-hydrogen) atoms. The van der Waals surface area contributed by atoms with Gasteiger partial charge in [0, 0.05) is 20.1 Å². The van der Waals surface area contributed by atoms with Crippen molar-refractivity contribution in [3.8, 4) is 0 Å². The van der Waals surface area contributed by atoms with E-state index in [-0.39, 0.29) is 30.5 Å². The summed E-state index contributed by atoms with van der Waals surface area (Å²) in [5.74, 6) is 0.206. The third-order valence-corrected chi connectivity index (χ3v) is 2.99. The van der Waals surface area contributed by atoms with Gasteiger partial charge in [-0.05, 0) is 19.3 Å². The van der Waals surface area contributed by atoms with Gasteiger partial charge in [-0.3, -0.25) is 4.79 Å². The topological polar surface area (TPSA) is 61.5 Å². The molecule has 0 aliphatic heterocycles. The van der Waals surface area contributed by atoms with Crippen molar-refractivity contribution < 1.29 is 14.3 Å². The average molecular weight is 201 g/mol. The number of carbonyl (C=O) groups excluding carboxylic acids is 1. The summed E-state index contributed by atoms with van der Waals surface area (Å²) in [6, 6.07) is 0. The lowest BCUT2D eigenvalue weighted by atomic mass is 9.82. The third kappa shape index (κ3) is 2.53. The maximum absolute atomic E-state index is 11.4. The van der Waals surface area contributed by atoms with Crippen molar-refractivity contribution in [3.63, 3.8) is 0 Å². The predicted octanol–water partition coefficient (Wildman–Crippen LogP) is 0.344. The molecule has 0 heterocycles. The maximum Gasteiger partial charge on any atom is 0.149 e. The zero-order valence-electron chi connectivity index (χ0n) is 8.86. The zero-order chi connectivity index (χ0) is 10.6. The van der Waals surface area contributed by atoms with Gasteiger partial charge in [-0.2, -0.15) is 0 Å². The summed E-state index contributed by atoms with van der Waals surface area (Å²) in [6.07, 6.45) is 2.65. The van der Waals surface area contributed by atoms with Gasteiger partial charge in [0.25, 0.3) is 0 Å². The smallest absolute Gasteiger partial charge is 0.149 e. The Morgan fingerprint density at radius 1 is 1.29 bits per heavy atom. The SMILES string of the molecule is COC1CCC(C(=O)CN)CC1OC. The first-order chi connectivity index (χ1) is 6.72. The molecular weight excluding hydrogens is 182 g/mol. The van der Waals surface area contributed by atoms with E-state index < -0.39 is 0 Å². The molecule has 2 N–H and O–H groups in total. The number of ketones is 1. The highest BCUT2D eigenvalue weighted by atomic mass is 16.5. The van der Waals surface area contributed by atoms with Gasteiger partial charge in [0.2, 0.25) is 0 Å². The normalized spacial score (nSPS) is 32.9. The molecule has 1 aliphatic carbocycles. The van der Waals surface area contributed by atoms with E-state index in [1.165, 1.54) is 0 Å². The minimum Gasteiger partial charge on any atom is -0.379 e. The van der Waals surface area contributed by atoms with E-state index in [9.17, 15) is 4.79 Å². The largest absolute Gasteiger partial charge is 0.379 e. The van der Waals surface area contributed by atoms with E-state index in [1.54, 1.807) is 14.2 Å². The van der Waals surface area contributed by atoms with Gasteiger partial charge in [0.1, 0.15) is 5.78 Å². The minimum atomic E-state index is 0.0363. The van der Waals surface area contributed by atoms with Crippen LogP contribution in [0.4, 0.5) is 0 Å². The maximum atomic E-state index is 11.4. The highest BCUT2D eigenvalue weighted by Gasteiger charge is 2.33. The van der Waals surface area contributed by atoms with E-state index in [2.05, 4.69) is 0 Å². The van der Waals surface area contributed by atoms with Crippen LogP contribution in [0.1, 0.15) is 19.3 Å². The van der Waals surface area contributed by atoms with Crippen LogP contribution in [0.2, 0.25) is 0 Å². The van der Waals surface area contributed by atoms with Crippen molar-refractivity contribution in [2.45, 2.75) is 31.5 Å². The Balaban J connectivity index is 2.52. The molecule has 1 saturated carbocycles. The van der Waals surface area contributed by atoms with E-state index in [1.807, 2.05) is 0 Å². The first-order valence-electron chi connectivity index (χ1n) is 5.01. The minimum absolute atomic E-state index is 0.0363. The lowest BCUT2D eigenvalue weighted by molar-refractivity contribution is -0.128. The quantitative estimate of drug-likeness (QED) is 0.712. The molecule has 3 unspecified atom stereocenters. The van der Waals surface area contributed by atoms with E-state index in [0.29, 0.717) is 0 Å². The highest BCUT2D eigenvalue weighted by Crippen LogP contribution is 2.28. The summed E-state index contributed by atoms with van der Waals surface area (Å²) in [5.41, 5.74) is 5.34. The van der Waals surface area contributed by atoms with Gasteiger partial charge >= 0.3 is 0 Å². The molecule has 0 saturated heterocycles. The molecule has 3 atom stereocenters. The van der Waals surface area contributed by atoms with Gasteiger partial charge in [-0.15, -0.1) is 0 Å². The van der Waals surface area contributed by atoms with Crippen molar-refractivity contribution in [1.82, 2.24) is 0 Å². The van der Waals surface area contributed by atoms with Crippen LogP contribution < -0.4 is 5.73 Å². The molecule has 0 aromatic rings. The number of nitrogens with two attached hydrogens (primary N) is 1. The Morgan fingerprint density at radius 3 is 2.43 bits per heavy atom. The van der Waals surface area contributed by atoms with Gasteiger partial charge < -0.3 is 15.2 Å². The Bertz CT molecular complexity index is 196. The van der Waals surface area contributed by atoms with E-state index in [0.717, 1.165) is 19.3 Å². The fourth-order valence-electron chi connectivity index (χ4n) is 2.08. The van der Waals surface area contributed by atoms with Crippen LogP contribution in [0.15, 0.2) is 0 Å². The lowest BCUT2D eigenvalue weighted by Gasteiger charge is -2.33. The van der Waals surface area contributed by atoms with Crippen molar-refractivity contribution in [1.29, 1.82) is 0 Å². The first-order valence-corrected chi connectivity index (χ1v) is 5.01. The monoisotopic (exact) mass is 201 g/mol. The number of hydrogen-bond donors (Lipinski definition) is 1. The summed E-state index contributed by atoms with van der Waals surface area (Å²) in [4.78, 5) is 11.4. The molecule has 4 nitrogen and oxygen atoms in total. The molecule has 1 fully saturated rings. The summed E-state index contributed by atoms with van der Waals surface area (Å²) in [7, 11) is 3.34. The van der Waals surface area contributed by atoms with Crippen molar-refractivity contribution in [2.24, 2.45) is 11.7 Å². The second-order valence-corrected chi connectivity index (χ2v) is 3.73. The Kier molecular flexibility index (Phi) is 4.51. The molecule has 0 spiro atoms. The van der Waals surface area contributed by atoms with Crippen molar-refractivity contribution >= 4 is 5.78 Å². The molecule has 0 aromatic heterocycles. The summed E-state index contributed by atoms with van der Waals surface area (Å²) in [6.45, 7) is 0.138. The van der Waals surface area contributed by atoms with Crippen LogP contribution in [-0.4, -0.2) is 38.8 Å². The molecule has 0 radical (unpaired) electrons. The fourth-order valence-corrected chi connectivity index (χ4v) is 2.08. The second-order valence-electron chi connectivity index (χ2n) is 3.73. The lowest BCUT2D eigenvalue weighted by Crippen LogP contribution is -2.40. The number of ether oxygens (including phenoxy) is 2. The molecule has 0 amide bonds. The average Bonchev–Trinajstić information content (AvgIpc) is 2.26. The molecule has 0 bridgehead atoms. The number of hydrogen-bond acceptors (Lipinski definition) is 4. The van der Waals surface area contributed by atoms with Crippen LogP contribution in [0.3, 0.4) is 0 Å². The predicted molar refractivity (Wildman–Crippen MR) is 53.0 cm³/mol. The van der Waals surface area contributed by atoms with Gasteiger partial charge in [-0.25, -0.2) is 0 Å². The summed E-state index contributed by atoms with van der Waals surface area (Å²) in [5, 5.41) is 0. The number of Topliss-reactive ketones (excluding diaryl/α,β-unsaturated/α-hetero) is 1. The molecule has 4 heteroatoms. The molecule has 1 rings (SSSR count). The molecular formula is C10H19NO3. The Hall–Kier alpha value is -0.450. The van der Waals surface area contributed by atoms with Crippen LogP contribution in [0, 0.1) is 5.92 Å². The highest BCUT2D eigenvalue weighted by molar-refractivity contribution is 5.82. The van der Waals surface area contributed by atoms with Gasteiger partial charge in [-0.1, -0.05) is 0 Å². The van der Waals surface area contributed by atoms with Gasteiger partial charge in [0.15, 0.2) is 0 Å². The fraction of sp³-hybridized carbons (Fsp3) is 0.900. The molecule has 82 valence electrons. The summed E-state index contributed by atoms with van der Waals surface area (Å²) >= 11 is 0. The van der Waals surface area contributed by atoms with Crippen LogP contribution in [0.25, 0.3) is 0 Å². The standard InChI is InChI=1S/C10H19NO3/c1-13-9-4-3-7(8(12)6-11)5-10(9)14-2/h7,9-10H,3-6,11H2,1-2H3. The zero-order valence-corrected chi connectivity index (χ0v) is 8.86.